The third-order valence-corrected chi connectivity index (χ3v) is 5.42. The molecule has 28 heavy (non-hydrogen) atoms. The lowest BCUT2D eigenvalue weighted by Gasteiger charge is -2.41. The number of nitrogens with zero attached hydrogens (tertiary/aromatic N) is 4. The van der Waals surface area contributed by atoms with Gasteiger partial charge in [0, 0.05) is 31.0 Å². The van der Waals surface area contributed by atoms with Gasteiger partial charge in [-0.15, -0.1) is 0 Å². The lowest BCUT2D eigenvalue weighted by molar-refractivity contribution is -0.170. The molecule has 8 heteroatoms. The number of likely N-dealkylation sites (N-methyl/N-ethyl adjacent to an activating group) is 1. The van der Waals surface area contributed by atoms with E-state index in [-0.39, 0.29) is 24.5 Å². The van der Waals surface area contributed by atoms with Crippen LogP contribution >= 0.6 is 0 Å². The molecule has 1 aliphatic heterocycles. The number of aryl methyl sites for hydroxylation is 2. The Bertz CT molecular complexity index is 858. The van der Waals surface area contributed by atoms with Crippen LogP contribution in [0.15, 0.2) is 29.0 Å². The topological polar surface area (TPSA) is 88.8 Å². The molecule has 2 aliphatic rings. The highest BCUT2D eigenvalue weighted by atomic mass is 16.5. The van der Waals surface area contributed by atoms with E-state index in [0.717, 1.165) is 29.7 Å². The van der Waals surface area contributed by atoms with Gasteiger partial charge >= 0.3 is 0 Å². The monoisotopic (exact) mass is 384 g/mol. The van der Waals surface area contributed by atoms with Crippen molar-refractivity contribution in [3.63, 3.8) is 0 Å². The van der Waals surface area contributed by atoms with Gasteiger partial charge in [0.2, 0.25) is 5.91 Å². The van der Waals surface area contributed by atoms with E-state index in [9.17, 15) is 9.59 Å². The summed E-state index contributed by atoms with van der Waals surface area (Å²) >= 11 is 0. The highest BCUT2D eigenvalue weighted by molar-refractivity contribution is 5.86. The van der Waals surface area contributed by atoms with Crippen LogP contribution in [0.1, 0.15) is 41.5 Å². The van der Waals surface area contributed by atoms with Crippen molar-refractivity contribution in [2.45, 2.75) is 51.4 Å². The van der Waals surface area contributed by atoms with E-state index in [1.54, 1.807) is 24.3 Å². The maximum Gasteiger partial charge on any atom is 0.254 e. The number of carbonyl (C=O) groups is 2. The molecule has 2 atom stereocenters. The van der Waals surface area contributed by atoms with Crippen LogP contribution < -0.4 is 0 Å². The molecule has 148 valence electrons. The van der Waals surface area contributed by atoms with Crippen LogP contribution in [0.5, 0.6) is 0 Å². The van der Waals surface area contributed by atoms with Crippen molar-refractivity contribution in [3.05, 3.63) is 47.1 Å². The highest BCUT2D eigenvalue weighted by Gasteiger charge is 2.48. The van der Waals surface area contributed by atoms with Crippen molar-refractivity contribution >= 4 is 11.8 Å². The molecule has 8 nitrogen and oxygen atoms in total. The first-order chi connectivity index (χ1) is 13.5. The SMILES string of the molecule is Cc1noc(C)c1CN(C)C(=O)[C@H]1OCC(=O)N(C2CC2)[C@@H]1c1cccnc1. The molecule has 3 heterocycles. The predicted molar refractivity (Wildman–Crippen MR) is 99.0 cm³/mol. The summed E-state index contributed by atoms with van der Waals surface area (Å²) in [7, 11) is 1.73. The molecule has 2 fully saturated rings. The van der Waals surface area contributed by atoms with Crippen LogP contribution in [0.3, 0.4) is 0 Å². The first kappa shape index (κ1) is 18.6. The zero-order chi connectivity index (χ0) is 19.8. The molecule has 0 unspecified atom stereocenters. The van der Waals surface area contributed by atoms with Gasteiger partial charge in [0.05, 0.1) is 18.3 Å². The third-order valence-electron chi connectivity index (χ3n) is 5.42. The molecule has 0 radical (unpaired) electrons. The number of pyridine rings is 1. The summed E-state index contributed by atoms with van der Waals surface area (Å²) in [5.41, 5.74) is 2.46. The zero-order valence-electron chi connectivity index (χ0n) is 16.3. The molecule has 0 aromatic carbocycles. The molecule has 2 amide bonds. The van der Waals surface area contributed by atoms with E-state index in [0.29, 0.717) is 12.3 Å². The minimum atomic E-state index is -0.770. The van der Waals surface area contributed by atoms with Gasteiger partial charge in [0.25, 0.3) is 5.91 Å². The average molecular weight is 384 g/mol. The van der Waals surface area contributed by atoms with E-state index in [4.69, 9.17) is 9.26 Å². The van der Waals surface area contributed by atoms with E-state index in [1.165, 1.54) is 0 Å². The summed E-state index contributed by atoms with van der Waals surface area (Å²) in [5.74, 6) is 0.445. The summed E-state index contributed by atoms with van der Waals surface area (Å²) < 4.78 is 11.0. The van der Waals surface area contributed by atoms with Gasteiger partial charge < -0.3 is 19.1 Å². The fourth-order valence-corrected chi connectivity index (χ4v) is 3.76. The van der Waals surface area contributed by atoms with E-state index in [1.807, 2.05) is 30.9 Å². The summed E-state index contributed by atoms with van der Waals surface area (Å²) in [6.07, 6.45) is 4.53. The Morgan fingerprint density at radius 2 is 2.14 bits per heavy atom. The molecule has 4 rings (SSSR count). The molecular weight excluding hydrogens is 360 g/mol. The van der Waals surface area contributed by atoms with Crippen molar-refractivity contribution in [1.29, 1.82) is 0 Å². The van der Waals surface area contributed by atoms with Crippen LogP contribution in [0.2, 0.25) is 0 Å². The van der Waals surface area contributed by atoms with Crippen molar-refractivity contribution in [3.8, 4) is 0 Å². The number of carbonyl (C=O) groups excluding carboxylic acids is 2. The molecule has 2 aromatic heterocycles. The molecule has 2 aromatic rings. The minimum Gasteiger partial charge on any atom is -0.361 e. The van der Waals surface area contributed by atoms with Crippen molar-refractivity contribution in [2.75, 3.05) is 13.7 Å². The standard InChI is InChI=1S/C20H24N4O4/c1-12-16(13(2)28-22-12)10-23(3)20(26)19-18(14-5-4-8-21-9-14)24(15-6-7-15)17(25)11-27-19/h4-5,8-9,15,18-19H,6-7,10-11H2,1-3H3/t18-,19+/m1/s1. The number of amides is 2. The van der Waals surface area contributed by atoms with Gasteiger partial charge in [-0.05, 0) is 38.3 Å². The van der Waals surface area contributed by atoms with Crippen LogP contribution in [0, 0.1) is 13.8 Å². The van der Waals surface area contributed by atoms with Crippen molar-refractivity contribution < 1.29 is 18.8 Å². The third kappa shape index (κ3) is 3.40. The van der Waals surface area contributed by atoms with E-state index >= 15 is 0 Å². The van der Waals surface area contributed by atoms with Crippen molar-refractivity contribution in [2.24, 2.45) is 0 Å². The average Bonchev–Trinajstić information content (AvgIpc) is 3.49. The van der Waals surface area contributed by atoms with Crippen molar-refractivity contribution in [1.82, 2.24) is 19.9 Å². The molecule has 1 aliphatic carbocycles. The van der Waals surface area contributed by atoms with Crippen LogP contribution in [0.4, 0.5) is 0 Å². The van der Waals surface area contributed by atoms with Crippen LogP contribution in [-0.2, 0) is 20.9 Å². The summed E-state index contributed by atoms with van der Waals surface area (Å²) in [6.45, 7) is 3.98. The van der Waals surface area contributed by atoms with Gasteiger partial charge in [-0.1, -0.05) is 11.2 Å². The Labute approximate surface area is 163 Å². The van der Waals surface area contributed by atoms with Gasteiger partial charge in [-0.2, -0.15) is 0 Å². The maximum atomic E-state index is 13.3. The minimum absolute atomic E-state index is 0.0752. The molecule has 0 bridgehead atoms. The Morgan fingerprint density at radius 3 is 2.75 bits per heavy atom. The Hall–Kier alpha value is -2.74. The number of morpholine rings is 1. The van der Waals surface area contributed by atoms with Gasteiger partial charge in [0.15, 0.2) is 6.10 Å². The summed E-state index contributed by atoms with van der Waals surface area (Å²) in [5, 5.41) is 3.95. The van der Waals surface area contributed by atoms with E-state index in [2.05, 4.69) is 10.1 Å². The van der Waals surface area contributed by atoms with Crippen LogP contribution in [-0.4, -0.2) is 57.6 Å². The first-order valence-electron chi connectivity index (χ1n) is 9.46. The molecule has 1 saturated heterocycles. The Balaban J connectivity index is 1.62. The largest absolute Gasteiger partial charge is 0.361 e. The molecule has 0 spiro atoms. The zero-order valence-corrected chi connectivity index (χ0v) is 16.3. The van der Waals surface area contributed by atoms with Gasteiger partial charge in [-0.3, -0.25) is 14.6 Å². The summed E-state index contributed by atoms with van der Waals surface area (Å²) in [6, 6.07) is 3.41. The van der Waals surface area contributed by atoms with Gasteiger partial charge in [0.1, 0.15) is 12.4 Å². The smallest absolute Gasteiger partial charge is 0.254 e. The number of hydrogen-bond acceptors (Lipinski definition) is 6. The Morgan fingerprint density at radius 1 is 1.36 bits per heavy atom. The normalized spacial score (nSPS) is 22.4. The fourth-order valence-electron chi connectivity index (χ4n) is 3.76. The first-order valence-corrected chi connectivity index (χ1v) is 9.46. The molecular formula is C20H24N4O4. The second-order valence-corrected chi connectivity index (χ2v) is 7.49. The number of ether oxygens (including phenoxy) is 1. The lowest BCUT2D eigenvalue weighted by atomic mass is 9.97. The number of hydrogen-bond donors (Lipinski definition) is 0. The highest BCUT2D eigenvalue weighted by Crippen LogP contribution is 2.39. The van der Waals surface area contributed by atoms with Gasteiger partial charge in [-0.25, -0.2) is 0 Å². The number of rotatable bonds is 5. The molecule has 0 N–H and O–H groups in total. The molecule has 1 saturated carbocycles. The summed E-state index contributed by atoms with van der Waals surface area (Å²) in [4.78, 5) is 33.5. The lowest BCUT2D eigenvalue weighted by Crippen LogP contribution is -2.55. The predicted octanol–water partition coefficient (Wildman–Crippen LogP) is 1.78. The Kier molecular flexibility index (Phi) is 4.89. The second-order valence-electron chi connectivity index (χ2n) is 7.49. The van der Waals surface area contributed by atoms with Crippen LogP contribution in [0.25, 0.3) is 0 Å². The quantitative estimate of drug-likeness (QED) is 0.781. The number of aromatic nitrogens is 2. The van der Waals surface area contributed by atoms with E-state index < -0.39 is 12.1 Å². The maximum absolute atomic E-state index is 13.3. The second kappa shape index (κ2) is 7.35. The fraction of sp³-hybridized carbons (Fsp3) is 0.500.